The number of hydrogen-bond donors (Lipinski definition) is 2. The first-order valence-electron chi connectivity index (χ1n) is 9.04. The number of rotatable bonds is 6. The lowest BCUT2D eigenvalue weighted by Gasteiger charge is -2.20. The fourth-order valence-electron chi connectivity index (χ4n) is 3.01. The van der Waals surface area contributed by atoms with Crippen molar-refractivity contribution in [3.63, 3.8) is 0 Å². The van der Waals surface area contributed by atoms with Gasteiger partial charge < -0.3 is 15.5 Å². The Labute approximate surface area is 157 Å². The van der Waals surface area contributed by atoms with Gasteiger partial charge in [-0.05, 0) is 18.9 Å². The lowest BCUT2D eigenvalue weighted by molar-refractivity contribution is -0.120. The molecular formula is C19H23N5O3. The van der Waals surface area contributed by atoms with E-state index in [0.29, 0.717) is 31.9 Å². The molecule has 0 spiro atoms. The van der Waals surface area contributed by atoms with Gasteiger partial charge in [-0.2, -0.15) is 5.10 Å². The van der Waals surface area contributed by atoms with E-state index in [0.717, 1.165) is 12.0 Å². The summed E-state index contributed by atoms with van der Waals surface area (Å²) in [6.07, 6.45) is 0.757. The number of fused-ring (bicyclic) bond motifs is 1. The van der Waals surface area contributed by atoms with E-state index in [1.807, 2.05) is 30.3 Å². The third kappa shape index (κ3) is 4.52. The zero-order valence-corrected chi connectivity index (χ0v) is 15.3. The van der Waals surface area contributed by atoms with Crippen LogP contribution in [0.5, 0.6) is 0 Å². The Hall–Kier alpha value is -3.16. The maximum absolute atomic E-state index is 12.9. The zero-order chi connectivity index (χ0) is 19.2. The Kier molecular flexibility index (Phi) is 5.85. The van der Waals surface area contributed by atoms with Gasteiger partial charge in [-0.15, -0.1) is 0 Å². The Bertz CT molecular complexity index is 831. The molecule has 1 aliphatic heterocycles. The predicted octanol–water partition coefficient (Wildman–Crippen LogP) is 0.795. The molecule has 8 nitrogen and oxygen atoms in total. The summed E-state index contributed by atoms with van der Waals surface area (Å²) in [5.41, 5.74) is 1.59. The van der Waals surface area contributed by atoms with Crippen LogP contribution in [0.3, 0.4) is 0 Å². The number of carbonyl (C=O) groups is 3. The quantitative estimate of drug-likeness (QED) is 0.787. The van der Waals surface area contributed by atoms with Gasteiger partial charge in [0.25, 0.3) is 11.8 Å². The average molecular weight is 369 g/mol. The monoisotopic (exact) mass is 369 g/mol. The van der Waals surface area contributed by atoms with E-state index in [-0.39, 0.29) is 24.1 Å². The lowest BCUT2D eigenvalue weighted by atomic mass is 10.2. The van der Waals surface area contributed by atoms with Crippen molar-refractivity contribution >= 4 is 17.7 Å². The molecule has 0 saturated carbocycles. The van der Waals surface area contributed by atoms with Crippen LogP contribution in [0.15, 0.2) is 36.4 Å². The summed E-state index contributed by atoms with van der Waals surface area (Å²) >= 11 is 0. The summed E-state index contributed by atoms with van der Waals surface area (Å²) in [5.74, 6) is -0.882. The van der Waals surface area contributed by atoms with E-state index in [1.165, 1.54) is 6.07 Å². The standard InChI is InChI=1S/C19H23N5O3/c1-2-20-17(25)12-21-18(26)15-11-16-19(27)23(9-6-10-24(16)22-15)13-14-7-4-3-5-8-14/h3-5,7-8,11H,2,6,9-10,12-13H2,1H3,(H,20,25)(H,21,26). The Balaban J connectivity index is 1.71. The molecule has 0 bridgehead atoms. The third-order valence-corrected chi connectivity index (χ3v) is 4.32. The van der Waals surface area contributed by atoms with E-state index in [2.05, 4.69) is 15.7 Å². The Morgan fingerprint density at radius 1 is 1.15 bits per heavy atom. The highest BCUT2D eigenvalue weighted by molar-refractivity contribution is 5.99. The minimum Gasteiger partial charge on any atom is -0.355 e. The number of nitrogens with zero attached hydrogens (tertiary/aromatic N) is 3. The van der Waals surface area contributed by atoms with Gasteiger partial charge in [0.2, 0.25) is 5.91 Å². The van der Waals surface area contributed by atoms with Crippen LogP contribution in [0.25, 0.3) is 0 Å². The summed E-state index contributed by atoms with van der Waals surface area (Å²) in [6, 6.07) is 11.3. The van der Waals surface area contributed by atoms with Gasteiger partial charge in [-0.1, -0.05) is 30.3 Å². The molecule has 2 heterocycles. The molecule has 3 amide bonds. The third-order valence-electron chi connectivity index (χ3n) is 4.32. The van der Waals surface area contributed by atoms with Crippen molar-refractivity contribution in [1.29, 1.82) is 0 Å². The van der Waals surface area contributed by atoms with E-state index < -0.39 is 5.91 Å². The number of nitrogens with one attached hydrogen (secondary N) is 2. The number of hydrogen-bond acceptors (Lipinski definition) is 4. The first kappa shape index (κ1) is 18.6. The minimum absolute atomic E-state index is 0.122. The van der Waals surface area contributed by atoms with Gasteiger partial charge in [0.15, 0.2) is 5.69 Å². The topological polar surface area (TPSA) is 96.3 Å². The summed E-state index contributed by atoms with van der Waals surface area (Å²) in [7, 11) is 0. The molecule has 1 aromatic carbocycles. The molecule has 0 radical (unpaired) electrons. The summed E-state index contributed by atoms with van der Waals surface area (Å²) in [6.45, 7) is 3.90. The molecule has 0 saturated heterocycles. The molecule has 1 aliphatic rings. The number of amides is 3. The lowest BCUT2D eigenvalue weighted by Crippen LogP contribution is -2.37. The van der Waals surface area contributed by atoms with Crippen molar-refractivity contribution in [3.8, 4) is 0 Å². The van der Waals surface area contributed by atoms with Gasteiger partial charge in [0, 0.05) is 32.2 Å². The number of carbonyl (C=O) groups excluding carboxylic acids is 3. The largest absolute Gasteiger partial charge is 0.355 e. The number of likely N-dealkylation sites (N-methyl/N-ethyl adjacent to an activating group) is 1. The molecular weight excluding hydrogens is 346 g/mol. The fraction of sp³-hybridized carbons (Fsp3) is 0.368. The van der Waals surface area contributed by atoms with Crippen LogP contribution in [-0.2, 0) is 17.9 Å². The Morgan fingerprint density at radius 2 is 1.93 bits per heavy atom. The van der Waals surface area contributed by atoms with E-state index in [4.69, 9.17) is 0 Å². The molecule has 0 unspecified atom stereocenters. The summed E-state index contributed by atoms with van der Waals surface area (Å²) in [4.78, 5) is 38.4. The van der Waals surface area contributed by atoms with Crippen LogP contribution in [0.4, 0.5) is 0 Å². The molecule has 0 atom stereocenters. The first-order chi connectivity index (χ1) is 13.1. The van der Waals surface area contributed by atoms with Crippen LogP contribution >= 0.6 is 0 Å². The Morgan fingerprint density at radius 3 is 2.67 bits per heavy atom. The van der Waals surface area contributed by atoms with Crippen molar-refractivity contribution in [3.05, 3.63) is 53.3 Å². The molecule has 1 aromatic heterocycles. The number of aromatic nitrogens is 2. The van der Waals surface area contributed by atoms with Crippen molar-refractivity contribution in [1.82, 2.24) is 25.3 Å². The summed E-state index contributed by atoms with van der Waals surface area (Å²) in [5, 5.41) is 9.38. The van der Waals surface area contributed by atoms with E-state index in [1.54, 1.807) is 16.5 Å². The highest BCUT2D eigenvalue weighted by atomic mass is 16.2. The maximum atomic E-state index is 12.9. The molecule has 0 fully saturated rings. The average Bonchev–Trinajstić information content (AvgIpc) is 3.04. The second-order valence-electron chi connectivity index (χ2n) is 6.34. The van der Waals surface area contributed by atoms with Gasteiger partial charge in [-0.25, -0.2) is 0 Å². The molecule has 2 aromatic rings. The van der Waals surface area contributed by atoms with Gasteiger partial charge >= 0.3 is 0 Å². The molecule has 0 aliphatic carbocycles. The van der Waals surface area contributed by atoms with E-state index in [9.17, 15) is 14.4 Å². The highest BCUT2D eigenvalue weighted by Gasteiger charge is 2.26. The second-order valence-corrected chi connectivity index (χ2v) is 6.34. The van der Waals surface area contributed by atoms with Gasteiger partial charge in [-0.3, -0.25) is 19.1 Å². The van der Waals surface area contributed by atoms with Crippen LogP contribution < -0.4 is 10.6 Å². The fourth-order valence-corrected chi connectivity index (χ4v) is 3.01. The van der Waals surface area contributed by atoms with Gasteiger partial charge in [0.1, 0.15) is 5.69 Å². The van der Waals surface area contributed by atoms with Crippen molar-refractivity contribution in [2.24, 2.45) is 0 Å². The van der Waals surface area contributed by atoms with Crippen LogP contribution in [0, 0.1) is 0 Å². The zero-order valence-electron chi connectivity index (χ0n) is 15.3. The molecule has 142 valence electrons. The van der Waals surface area contributed by atoms with E-state index >= 15 is 0 Å². The van der Waals surface area contributed by atoms with Crippen molar-refractivity contribution in [2.45, 2.75) is 26.4 Å². The minimum atomic E-state index is -0.468. The predicted molar refractivity (Wildman–Crippen MR) is 99.0 cm³/mol. The molecule has 8 heteroatoms. The number of aryl methyl sites for hydroxylation is 1. The normalized spacial score (nSPS) is 13.7. The molecule has 2 N–H and O–H groups in total. The maximum Gasteiger partial charge on any atom is 0.272 e. The van der Waals surface area contributed by atoms with Crippen molar-refractivity contribution < 1.29 is 14.4 Å². The molecule has 3 rings (SSSR count). The molecule has 27 heavy (non-hydrogen) atoms. The summed E-state index contributed by atoms with van der Waals surface area (Å²) < 4.78 is 1.58. The second kappa shape index (κ2) is 8.48. The van der Waals surface area contributed by atoms with Gasteiger partial charge in [0.05, 0.1) is 6.54 Å². The van der Waals surface area contributed by atoms with Crippen molar-refractivity contribution in [2.75, 3.05) is 19.6 Å². The smallest absolute Gasteiger partial charge is 0.272 e. The van der Waals surface area contributed by atoms with Crippen LogP contribution in [-0.4, -0.2) is 52.0 Å². The van der Waals surface area contributed by atoms with Crippen LogP contribution in [0.2, 0.25) is 0 Å². The number of benzene rings is 1. The first-order valence-corrected chi connectivity index (χ1v) is 9.04. The van der Waals surface area contributed by atoms with Crippen LogP contribution in [0.1, 0.15) is 39.9 Å². The SMILES string of the molecule is CCNC(=O)CNC(=O)c1cc2n(n1)CCCN(Cc1ccccc1)C2=O. The highest BCUT2D eigenvalue weighted by Crippen LogP contribution is 2.16.